The van der Waals surface area contributed by atoms with E-state index >= 15 is 0 Å². The quantitative estimate of drug-likeness (QED) is 0.482. The van der Waals surface area contributed by atoms with Crippen LogP contribution in [-0.2, 0) is 17.6 Å². The number of anilines is 2. The van der Waals surface area contributed by atoms with Crippen LogP contribution in [0.15, 0.2) is 46.1 Å². The molecule has 27 heavy (non-hydrogen) atoms. The highest BCUT2D eigenvalue weighted by Gasteiger charge is 2.17. The van der Waals surface area contributed by atoms with E-state index in [2.05, 4.69) is 45.3 Å². The van der Waals surface area contributed by atoms with Crippen LogP contribution in [0, 0.1) is 0 Å². The molecule has 3 rings (SSSR count). The van der Waals surface area contributed by atoms with Gasteiger partial charge in [0.2, 0.25) is 11.0 Å². The number of benzene rings is 1. The third-order valence-corrected chi connectivity index (χ3v) is 6.91. The molecule has 0 aliphatic rings. The van der Waals surface area contributed by atoms with Gasteiger partial charge in [-0.15, -0.1) is 21.5 Å². The summed E-state index contributed by atoms with van der Waals surface area (Å²) in [6.45, 7) is 4.81. The monoisotopic (exact) mass is 418 g/mol. The minimum atomic E-state index is -0.247. The van der Waals surface area contributed by atoms with Crippen molar-refractivity contribution in [2.24, 2.45) is 0 Å². The predicted molar refractivity (Wildman–Crippen MR) is 116 cm³/mol. The molecule has 1 amide bonds. The SMILES string of the molecule is CCc1ccc(NC(=O)C(C)Sc2nnc(NCCc3cccs3)s2)cc1. The molecule has 3 aromatic rings. The van der Waals surface area contributed by atoms with E-state index in [0.717, 1.165) is 34.5 Å². The van der Waals surface area contributed by atoms with Crippen LogP contribution in [0.4, 0.5) is 10.8 Å². The lowest BCUT2D eigenvalue weighted by Gasteiger charge is -2.10. The fraction of sp³-hybridized carbons (Fsp3) is 0.316. The van der Waals surface area contributed by atoms with Crippen LogP contribution in [0.5, 0.6) is 0 Å². The average molecular weight is 419 g/mol. The molecular weight excluding hydrogens is 396 g/mol. The van der Waals surface area contributed by atoms with E-state index in [1.54, 1.807) is 11.3 Å². The fourth-order valence-electron chi connectivity index (χ4n) is 2.35. The summed E-state index contributed by atoms with van der Waals surface area (Å²) >= 11 is 4.66. The number of thiophene rings is 1. The highest BCUT2D eigenvalue weighted by molar-refractivity contribution is 8.02. The lowest BCUT2D eigenvalue weighted by atomic mass is 10.1. The number of hydrogen-bond acceptors (Lipinski definition) is 7. The second-order valence-electron chi connectivity index (χ2n) is 5.93. The smallest absolute Gasteiger partial charge is 0.237 e. The zero-order chi connectivity index (χ0) is 19.1. The van der Waals surface area contributed by atoms with E-state index in [1.165, 1.54) is 33.5 Å². The second kappa shape index (κ2) is 9.87. The molecule has 2 aromatic heterocycles. The number of thioether (sulfide) groups is 1. The first kappa shape index (κ1) is 19.9. The van der Waals surface area contributed by atoms with Crippen molar-refractivity contribution in [1.82, 2.24) is 10.2 Å². The van der Waals surface area contributed by atoms with E-state index in [1.807, 2.05) is 31.2 Å². The average Bonchev–Trinajstić information content (AvgIpc) is 3.34. The van der Waals surface area contributed by atoms with Crippen LogP contribution in [0.2, 0.25) is 0 Å². The van der Waals surface area contributed by atoms with Crippen LogP contribution in [-0.4, -0.2) is 27.9 Å². The van der Waals surface area contributed by atoms with E-state index in [-0.39, 0.29) is 11.2 Å². The molecule has 1 atom stereocenters. The van der Waals surface area contributed by atoms with Gasteiger partial charge in [-0.25, -0.2) is 0 Å². The van der Waals surface area contributed by atoms with Crippen LogP contribution < -0.4 is 10.6 Å². The lowest BCUT2D eigenvalue weighted by molar-refractivity contribution is -0.115. The van der Waals surface area contributed by atoms with Crippen LogP contribution in [0.1, 0.15) is 24.3 Å². The molecule has 8 heteroatoms. The molecule has 0 bridgehead atoms. The van der Waals surface area contributed by atoms with E-state index < -0.39 is 0 Å². The minimum absolute atomic E-state index is 0.0355. The van der Waals surface area contributed by atoms with Crippen molar-refractivity contribution in [3.8, 4) is 0 Å². The Hall–Kier alpha value is -1.90. The van der Waals surface area contributed by atoms with E-state index in [4.69, 9.17) is 0 Å². The van der Waals surface area contributed by atoms with Crippen molar-refractivity contribution < 1.29 is 4.79 Å². The van der Waals surface area contributed by atoms with Gasteiger partial charge < -0.3 is 10.6 Å². The summed E-state index contributed by atoms with van der Waals surface area (Å²) in [5, 5.41) is 17.2. The Morgan fingerprint density at radius 1 is 1.22 bits per heavy atom. The molecule has 2 heterocycles. The number of carbonyl (C=O) groups is 1. The number of rotatable bonds is 9. The number of aromatic nitrogens is 2. The normalized spacial score (nSPS) is 11.9. The van der Waals surface area contributed by atoms with Gasteiger partial charge in [0, 0.05) is 17.1 Å². The molecular formula is C19H22N4OS3. The minimum Gasteiger partial charge on any atom is -0.360 e. The molecule has 0 aliphatic heterocycles. The Morgan fingerprint density at radius 2 is 2.04 bits per heavy atom. The molecule has 5 nitrogen and oxygen atoms in total. The molecule has 0 aliphatic carbocycles. The highest BCUT2D eigenvalue weighted by atomic mass is 32.2. The Morgan fingerprint density at radius 3 is 2.74 bits per heavy atom. The standard InChI is InChI=1S/C19H22N4OS3/c1-3-14-6-8-15(9-7-14)21-17(24)13(2)26-19-23-22-18(27-19)20-11-10-16-5-4-12-25-16/h4-9,12-13H,3,10-11H2,1-2H3,(H,20,22)(H,21,24). The lowest BCUT2D eigenvalue weighted by Crippen LogP contribution is -2.22. The first-order valence-corrected chi connectivity index (χ1v) is 11.4. The fourth-order valence-corrected chi connectivity index (χ4v) is 4.98. The topological polar surface area (TPSA) is 66.9 Å². The van der Waals surface area contributed by atoms with Crippen LogP contribution in [0.25, 0.3) is 0 Å². The zero-order valence-electron chi connectivity index (χ0n) is 15.3. The Kier molecular flexibility index (Phi) is 7.25. The van der Waals surface area contributed by atoms with Gasteiger partial charge >= 0.3 is 0 Å². The van der Waals surface area contributed by atoms with Crippen molar-refractivity contribution in [1.29, 1.82) is 0 Å². The summed E-state index contributed by atoms with van der Waals surface area (Å²) in [6.07, 6.45) is 1.95. The molecule has 0 spiro atoms. The van der Waals surface area contributed by atoms with Crippen LogP contribution >= 0.6 is 34.4 Å². The molecule has 0 radical (unpaired) electrons. The first-order valence-electron chi connectivity index (χ1n) is 8.80. The summed E-state index contributed by atoms with van der Waals surface area (Å²) in [5.74, 6) is -0.0355. The van der Waals surface area contributed by atoms with Crippen molar-refractivity contribution in [2.45, 2.75) is 36.3 Å². The van der Waals surface area contributed by atoms with Gasteiger partial charge in [0.1, 0.15) is 0 Å². The third-order valence-electron chi connectivity index (χ3n) is 3.91. The largest absolute Gasteiger partial charge is 0.360 e. The molecule has 142 valence electrons. The van der Waals surface area contributed by atoms with Gasteiger partial charge in [-0.1, -0.05) is 48.2 Å². The van der Waals surface area contributed by atoms with Gasteiger partial charge in [0.05, 0.1) is 5.25 Å². The summed E-state index contributed by atoms with van der Waals surface area (Å²) in [4.78, 5) is 13.7. The van der Waals surface area contributed by atoms with Crippen molar-refractivity contribution in [3.05, 3.63) is 52.2 Å². The van der Waals surface area contributed by atoms with Gasteiger partial charge in [-0.2, -0.15) is 0 Å². The predicted octanol–water partition coefficient (Wildman–Crippen LogP) is 4.94. The number of nitrogens with one attached hydrogen (secondary N) is 2. The maximum absolute atomic E-state index is 12.4. The maximum atomic E-state index is 12.4. The van der Waals surface area contributed by atoms with Crippen molar-refractivity contribution in [2.75, 3.05) is 17.2 Å². The van der Waals surface area contributed by atoms with Gasteiger partial charge in [0.15, 0.2) is 4.34 Å². The number of aryl methyl sites for hydroxylation is 1. The molecule has 0 saturated carbocycles. The maximum Gasteiger partial charge on any atom is 0.237 e. The first-order chi connectivity index (χ1) is 13.1. The van der Waals surface area contributed by atoms with Crippen LogP contribution in [0.3, 0.4) is 0 Å². The molecule has 1 unspecified atom stereocenters. The molecule has 0 saturated heterocycles. The van der Waals surface area contributed by atoms with Gasteiger partial charge in [-0.05, 0) is 48.9 Å². The Bertz CT molecular complexity index is 846. The number of hydrogen-bond donors (Lipinski definition) is 2. The summed E-state index contributed by atoms with van der Waals surface area (Å²) in [7, 11) is 0. The summed E-state index contributed by atoms with van der Waals surface area (Å²) < 4.78 is 0.789. The van der Waals surface area contributed by atoms with Gasteiger partial charge in [0.25, 0.3) is 0 Å². The Balaban J connectivity index is 1.46. The Labute approximate surface area is 171 Å². The second-order valence-corrected chi connectivity index (χ2v) is 9.53. The number of amides is 1. The number of carbonyl (C=O) groups excluding carboxylic acids is 1. The molecule has 0 fully saturated rings. The molecule has 1 aromatic carbocycles. The number of nitrogens with zero attached hydrogens (tertiary/aromatic N) is 2. The van der Waals surface area contributed by atoms with Crippen molar-refractivity contribution >= 4 is 51.2 Å². The van der Waals surface area contributed by atoms with Gasteiger partial charge in [-0.3, -0.25) is 4.79 Å². The van der Waals surface area contributed by atoms with Crippen molar-refractivity contribution in [3.63, 3.8) is 0 Å². The summed E-state index contributed by atoms with van der Waals surface area (Å²) in [6, 6.07) is 12.1. The zero-order valence-corrected chi connectivity index (χ0v) is 17.7. The summed E-state index contributed by atoms with van der Waals surface area (Å²) in [5.41, 5.74) is 2.07. The van der Waals surface area contributed by atoms with E-state index in [9.17, 15) is 4.79 Å². The highest BCUT2D eigenvalue weighted by Crippen LogP contribution is 2.29. The molecule has 2 N–H and O–H groups in total. The third kappa shape index (κ3) is 6.05. The van der Waals surface area contributed by atoms with E-state index in [0.29, 0.717) is 0 Å².